The van der Waals surface area contributed by atoms with Crippen LogP contribution in [-0.4, -0.2) is 13.0 Å². The summed E-state index contributed by atoms with van der Waals surface area (Å²) >= 11 is 0. The number of methoxy groups -OCH3 is 1. The van der Waals surface area contributed by atoms with Crippen molar-refractivity contribution in [1.29, 1.82) is 0 Å². The molecule has 0 aliphatic heterocycles. The van der Waals surface area contributed by atoms with Crippen molar-refractivity contribution in [1.82, 2.24) is 0 Å². The molecule has 0 aliphatic carbocycles. The fourth-order valence-electron chi connectivity index (χ4n) is 3.29. The zero-order valence-corrected chi connectivity index (χ0v) is 17.4. The molecule has 0 saturated heterocycles. The highest BCUT2D eigenvalue weighted by atomic mass is 16.5. The van der Waals surface area contributed by atoms with Crippen molar-refractivity contribution in [3.8, 4) is 11.5 Å². The monoisotopic (exact) mass is 389 g/mol. The van der Waals surface area contributed by atoms with Gasteiger partial charge in [-0.25, -0.2) is 0 Å². The Morgan fingerprint density at radius 1 is 0.897 bits per heavy atom. The third-order valence-corrected chi connectivity index (χ3v) is 5.00. The SMILES string of the molecule is CCc1cccc(C)c1NC(=O)c1ccc(OC)c(COc2ccccc2C)c1. The van der Waals surface area contributed by atoms with Crippen LogP contribution in [-0.2, 0) is 13.0 Å². The Morgan fingerprint density at radius 3 is 2.38 bits per heavy atom. The summed E-state index contributed by atoms with van der Waals surface area (Å²) in [7, 11) is 1.62. The van der Waals surface area contributed by atoms with Gasteiger partial charge in [0.1, 0.15) is 18.1 Å². The minimum Gasteiger partial charge on any atom is -0.496 e. The summed E-state index contributed by atoms with van der Waals surface area (Å²) in [6.07, 6.45) is 0.857. The first kappa shape index (κ1) is 20.5. The number of benzene rings is 3. The molecule has 0 heterocycles. The molecule has 0 unspecified atom stereocenters. The Balaban J connectivity index is 1.83. The largest absolute Gasteiger partial charge is 0.496 e. The van der Waals surface area contributed by atoms with E-state index in [1.807, 2.05) is 68.4 Å². The molecule has 0 fully saturated rings. The van der Waals surface area contributed by atoms with Gasteiger partial charge in [-0.3, -0.25) is 4.79 Å². The van der Waals surface area contributed by atoms with E-state index in [2.05, 4.69) is 12.2 Å². The van der Waals surface area contributed by atoms with Crippen LogP contribution in [0, 0.1) is 13.8 Å². The lowest BCUT2D eigenvalue weighted by Crippen LogP contribution is -2.15. The molecule has 0 radical (unpaired) electrons. The van der Waals surface area contributed by atoms with Gasteiger partial charge in [-0.15, -0.1) is 0 Å². The fraction of sp³-hybridized carbons (Fsp3) is 0.240. The first-order chi connectivity index (χ1) is 14.0. The Bertz CT molecular complexity index is 1010. The van der Waals surface area contributed by atoms with E-state index in [1.165, 1.54) is 0 Å². The number of hydrogen-bond acceptors (Lipinski definition) is 3. The first-order valence-electron chi connectivity index (χ1n) is 9.78. The predicted molar refractivity (Wildman–Crippen MR) is 117 cm³/mol. The quantitative estimate of drug-likeness (QED) is 0.563. The standard InChI is InChI=1S/C25H27NO3/c1-5-19-11-8-10-18(3)24(19)26-25(27)20-13-14-23(28-4)21(15-20)16-29-22-12-7-6-9-17(22)2/h6-15H,5,16H2,1-4H3,(H,26,27). The van der Waals surface area contributed by atoms with Crippen LogP contribution in [0.4, 0.5) is 5.69 Å². The maximum Gasteiger partial charge on any atom is 0.255 e. The van der Waals surface area contributed by atoms with Gasteiger partial charge in [0.2, 0.25) is 0 Å². The highest BCUT2D eigenvalue weighted by Gasteiger charge is 2.14. The van der Waals surface area contributed by atoms with E-state index >= 15 is 0 Å². The second-order valence-corrected chi connectivity index (χ2v) is 7.00. The lowest BCUT2D eigenvalue weighted by atomic mass is 10.0. The van der Waals surface area contributed by atoms with Gasteiger partial charge in [0.15, 0.2) is 0 Å². The molecule has 0 spiro atoms. The maximum absolute atomic E-state index is 12.9. The van der Waals surface area contributed by atoms with Crippen molar-refractivity contribution in [2.45, 2.75) is 33.8 Å². The minimum absolute atomic E-state index is 0.145. The normalized spacial score (nSPS) is 10.5. The third kappa shape index (κ3) is 4.77. The summed E-state index contributed by atoms with van der Waals surface area (Å²) in [5.41, 5.74) is 5.51. The Kier molecular flexibility index (Phi) is 6.55. The summed E-state index contributed by atoms with van der Waals surface area (Å²) in [6, 6.07) is 19.3. The van der Waals surface area contributed by atoms with Crippen LogP contribution in [0.2, 0.25) is 0 Å². The molecule has 4 heteroatoms. The van der Waals surface area contributed by atoms with Crippen molar-refractivity contribution in [3.05, 3.63) is 88.5 Å². The molecule has 3 aromatic rings. The van der Waals surface area contributed by atoms with E-state index in [4.69, 9.17) is 9.47 Å². The average molecular weight is 389 g/mol. The Hall–Kier alpha value is -3.27. The van der Waals surface area contributed by atoms with Gasteiger partial charge in [0, 0.05) is 16.8 Å². The van der Waals surface area contributed by atoms with Gasteiger partial charge in [-0.05, 0) is 61.2 Å². The van der Waals surface area contributed by atoms with Gasteiger partial charge >= 0.3 is 0 Å². The highest BCUT2D eigenvalue weighted by molar-refractivity contribution is 6.05. The lowest BCUT2D eigenvalue weighted by molar-refractivity contribution is 0.102. The number of carbonyl (C=O) groups excluding carboxylic acids is 1. The number of carbonyl (C=O) groups is 1. The number of amides is 1. The number of anilines is 1. The second kappa shape index (κ2) is 9.28. The van der Waals surface area contributed by atoms with Crippen molar-refractivity contribution < 1.29 is 14.3 Å². The van der Waals surface area contributed by atoms with Crippen LogP contribution < -0.4 is 14.8 Å². The zero-order valence-electron chi connectivity index (χ0n) is 17.4. The molecule has 4 nitrogen and oxygen atoms in total. The summed E-state index contributed by atoms with van der Waals surface area (Å²) in [4.78, 5) is 12.9. The Morgan fingerprint density at radius 2 is 1.66 bits per heavy atom. The van der Waals surface area contributed by atoms with E-state index in [9.17, 15) is 4.79 Å². The maximum atomic E-state index is 12.9. The lowest BCUT2D eigenvalue weighted by Gasteiger charge is -2.15. The summed E-state index contributed by atoms with van der Waals surface area (Å²) in [5, 5.41) is 3.07. The molecule has 0 atom stereocenters. The molecule has 3 aromatic carbocycles. The van der Waals surface area contributed by atoms with Crippen molar-refractivity contribution in [2.75, 3.05) is 12.4 Å². The topological polar surface area (TPSA) is 47.6 Å². The molecule has 0 aliphatic rings. The van der Waals surface area contributed by atoms with Crippen LogP contribution in [0.1, 0.15) is 39.5 Å². The summed E-state index contributed by atoms with van der Waals surface area (Å²) < 4.78 is 11.4. The minimum atomic E-state index is -0.145. The van der Waals surface area contributed by atoms with Gasteiger partial charge in [-0.2, -0.15) is 0 Å². The number of aryl methyl sites for hydroxylation is 3. The number of rotatable bonds is 7. The average Bonchev–Trinajstić information content (AvgIpc) is 2.74. The van der Waals surface area contributed by atoms with Crippen LogP contribution in [0.25, 0.3) is 0 Å². The number of ether oxygens (including phenoxy) is 2. The third-order valence-electron chi connectivity index (χ3n) is 5.00. The predicted octanol–water partition coefficient (Wildman–Crippen LogP) is 5.71. The highest BCUT2D eigenvalue weighted by Crippen LogP contribution is 2.26. The molecule has 1 amide bonds. The second-order valence-electron chi connectivity index (χ2n) is 7.00. The van der Waals surface area contributed by atoms with Crippen molar-refractivity contribution in [2.24, 2.45) is 0 Å². The van der Waals surface area contributed by atoms with E-state index < -0.39 is 0 Å². The molecular weight excluding hydrogens is 362 g/mol. The molecule has 0 aromatic heterocycles. The fourth-order valence-corrected chi connectivity index (χ4v) is 3.29. The number of hydrogen-bond donors (Lipinski definition) is 1. The molecule has 150 valence electrons. The van der Waals surface area contributed by atoms with Crippen molar-refractivity contribution >= 4 is 11.6 Å². The summed E-state index contributed by atoms with van der Waals surface area (Å²) in [6.45, 7) is 6.41. The molecule has 29 heavy (non-hydrogen) atoms. The van der Waals surface area contributed by atoms with Crippen LogP contribution in [0.15, 0.2) is 60.7 Å². The van der Waals surface area contributed by atoms with E-state index in [1.54, 1.807) is 13.2 Å². The summed E-state index contributed by atoms with van der Waals surface area (Å²) in [5.74, 6) is 1.37. The molecule has 3 rings (SSSR count). The first-order valence-corrected chi connectivity index (χ1v) is 9.78. The number of nitrogens with one attached hydrogen (secondary N) is 1. The Labute approximate surface area is 172 Å². The molecule has 0 bridgehead atoms. The van der Waals surface area contributed by atoms with E-state index in [0.717, 1.165) is 40.1 Å². The van der Waals surface area contributed by atoms with E-state index in [0.29, 0.717) is 17.9 Å². The van der Waals surface area contributed by atoms with Gasteiger partial charge < -0.3 is 14.8 Å². The van der Waals surface area contributed by atoms with Crippen molar-refractivity contribution in [3.63, 3.8) is 0 Å². The number of para-hydroxylation sites is 2. The van der Waals surface area contributed by atoms with Crippen LogP contribution in [0.3, 0.4) is 0 Å². The molecule has 1 N–H and O–H groups in total. The van der Waals surface area contributed by atoms with E-state index in [-0.39, 0.29) is 5.91 Å². The van der Waals surface area contributed by atoms with Crippen LogP contribution >= 0.6 is 0 Å². The zero-order chi connectivity index (χ0) is 20.8. The smallest absolute Gasteiger partial charge is 0.255 e. The van der Waals surface area contributed by atoms with Crippen LogP contribution in [0.5, 0.6) is 11.5 Å². The molecule has 0 saturated carbocycles. The molecular formula is C25H27NO3. The van der Waals surface area contributed by atoms with Gasteiger partial charge in [0.05, 0.1) is 7.11 Å². The van der Waals surface area contributed by atoms with Gasteiger partial charge in [-0.1, -0.05) is 43.3 Å². The van der Waals surface area contributed by atoms with Gasteiger partial charge in [0.25, 0.3) is 5.91 Å².